The van der Waals surface area contributed by atoms with Gasteiger partial charge in [0.05, 0.1) is 6.54 Å². The summed E-state index contributed by atoms with van der Waals surface area (Å²) in [6, 6.07) is 8.72. The molecule has 2 aromatic rings. The second-order valence-corrected chi connectivity index (χ2v) is 6.97. The zero-order chi connectivity index (χ0) is 15.9. The summed E-state index contributed by atoms with van der Waals surface area (Å²) < 4.78 is 0. The van der Waals surface area contributed by atoms with Gasteiger partial charge in [0.15, 0.2) is 5.96 Å². The summed E-state index contributed by atoms with van der Waals surface area (Å²) in [6.07, 6.45) is 2.12. The molecule has 2 N–H and O–H groups in total. The third-order valence-electron chi connectivity index (χ3n) is 3.50. The summed E-state index contributed by atoms with van der Waals surface area (Å²) in [7, 11) is 1.81. The first-order valence-corrected chi connectivity index (χ1v) is 9.35. The number of guanidine groups is 1. The summed E-state index contributed by atoms with van der Waals surface area (Å²) in [6.45, 7) is 5.85. The number of benzene rings is 1. The standard InChI is InChI=1S/C17H23N3S2.HI/c1-12-5-6-14(15(9-12)21-4)10-19-17(18-3)20-11-16-13(2)7-8-22-16;/h5-9H,10-11H2,1-4H3,(H2,18,19,20);1H. The molecule has 0 radical (unpaired) electrons. The van der Waals surface area contributed by atoms with Crippen LogP contribution in [0.1, 0.15) is 21.6 Å². The summed E-state index contributed by atoms with van der Waals surface area (Å²) in [5.41, 5.74) is 3.92. The molecule has 0 atom stereocenters. The average molecular weight is 461 g/mol. The van der Waals surface area contributed by atoms with Crippen LogP contribution in [0.25, 0.3) is 0 Å². The number of hydrogen-bond acceptors (Lipinski definition) is 3. The minimum Gasteiger partial charge on any atom is -0.352 e. The van der Waals surface area contributed by atoms with Crippen molar-refractivity contribution in [3.05, 3.63) is 51.2 Å². The fraction of sp³-hybridized carbons (Fsp3) is 0.353. The number of aryl methyl sites for hydroxylation is 2. The van der Waals surface area contributed by atoms with Crippen LogP contribution in [0.5, 0.6) is 0 Å². The third kappa shape index (κ3) is 6.00. The largest absolute Gasteiger partial charge is 0.352 e. The van der Waals surface area contributed by atoms with Crippen molar-refractivity contribution in [3.63, 3.8) is 0 Å². The Morgan fingerprint density at radius 2 is 1.91 bits per heavy atom. The van der Waals surface area contributed by atoms with Crippen molar-refractivity contribution >= 4 is 53.0 Å². The van der Waals surface area contributed by atoms with Crippen LogP contribution in [0, 0.1) is 13.8 Å². The van der Waals surface area contributed by atoms with Crippen LogP contribution < -0.4 is 10.6 Å². The van der Waals surface area contributed by atoms with Crippen LogP contribution in [-0.4, -0.2) is 19.3 Å². The molecule has 126 valence electrons. The maximum absolute atomic E-state index is 4.30. The molecule has 0 saturated carbocycles. The van der Waals surface area contributed by atoms with Gasteiger partial charge in [-0.1, -0.05) is 12.1 Å². The molecule has 1 aromatic carbocycles. The Morgan fingerprint density at radius 3 is 2.52 bits per heavy atom. The monoisotopic (exact) mass is 461 g/mol. The van der Waals surface area contributed by atoms with Crippen LogP contribution in [-0.2, 0) is 13.1 Å². The van der Waals surface area contributed by atoms with Crippen molar-refractivity contribution in [1.82, 2.24) is 10.6 Å². The second kappa shape index (κ2) is 10.2. The van der Waals surface area contributed by atoms with Crippen molar-refractivity contribution in [2.24, 2.45) is 4.99 Å². The van der Waals surface area contributed by atoms with Crippen LogP contribution in [0.3, 0.4) is 0 Å². The molecule has 0 amide bonds. The number of hydrogen-bond donors (Lipinski definition) is 2. The second-order valence-electron chi connectivity index (χ2n) is 5.12. The van der Waals surface area contributed by atoms with E-state index in [9.17, 15) is 0 Å². The molecule has 1 heterocycles. The fourth-order valence-corrected chi connectivity index (χ4v) is 3.70. The summed E-state index contributed by atoms with van der Waals surface area (Å²) in [5, 5.41) is 8.89. The van der Waals surface area contributed by atoms with E-state index in [-0.39, 0.29) is 24.0 Å². The first-order valence-electron chi connectivity index (χ1n) is 7.25. The quantitative estimate of drug-likeness (QED) is 0.297. The Morgan fingerprint density at radius 1 is 1.17 bits per heavy atom. The van der Waals surface area contributed by atoms with Gasteiger partial charge in [0.2, 0.25) is 0 Å². The van der Waals surface area contributed by atoms with E-state index >= 15 is 0 Å². The number of nitrogens with one attached hydrogen (secondary N) is 2. The Labute approximate surface area is 164 Å². The van der Waals surface area contributed by atoms with Crippen LogP contribution in [0.4, 0.5) is 0 Å². The lowest BCUT2D eigenvalue weighted by Gasteiger charge is -2.14. The number of thioether (sulfide) groups is 1. The highest BCUT2D eigenvalue weighted by Gasteiger charge is 2.05. The number of thiophene rings is 1. The summed E-state index contributed by atoms with van der Waals surface area (Å²) >= 11 is 3.56. The lowest BCUT2D eigenvalue weighted by atomic mass is 10.1. The lowest BCUT2D eigenvalue weighted by molar-refractivity contribution is 0.805. The highest BCUT2D eigenvalue weighted by molar-refractivity contribution is 14.0. The van der Waals surface area contributed by atoms with Crippen LogP contribution in [0.2, 0.25) is 0 Å². The fourth-order valence-electron chi connectivity index (χ4n) is 2.15. The zero-order valence-electron chi connectivity index (χ0n) is 14.0. The van der Waals surface area contributed by atoms with E-state index in [4.69, 9.17) is 0 Å². The van der Waals surface area contributed by atoms with Gasteiger partial charge in [-0.15, -0.1) is 47.1 Å². The Kier molecular flexibility index (Phi) is 9.01. The van der Waals surface area contributed by atoms with Gasteiger partial charge >= 0.3 is 0 Å². The molecular weight excluding hydrogens is 437 g/mol. The first kappa shape index (κ1) is 20.3. The molecule has 0 unspecified atom stereocenters. The summed E-state index contributed by atoms with van der Waals surface area (Å²) in [5.74, 6) is 0.834. The Hall–Kier alpha value is -0.730. The predicted molar refractivity (Wildman–Crippen MR) is 114 cm³/mol. The van der Waals surface area contributed by atoms with Crippen molar-refractivity contribution in [2.45, 2.75) is 31.8 Å². The molecule has 0 bridgehead atoms. The minimum absolute atomic E-state index is 0. The van der Waals surface area contributed by atoms with Gasteiger partial charge in [-0.05, 0) is 54.3 Å². The number of nitrogens with zero attached hydrogens (tertiary/aromatic N) is 1. The lowest BCUT2D eigenvalue weighted by Crippen LogP contribution is -2.36. The van der Waals surface area contributed by atoms with E-state index in [0.717, 1.165) is 19.0 Å². The van der Waals surface area contributed by atoms with Crippen molar-refractivity contribution in [1.29, 1.82) is 0 Å². The van der Waals surface area contributed by atoms with E-state index < -0.39 is 0 Å². The van der Waals surface area contributed by atoms with E-state index in [1.807, 2.05) is 0 Å². The van der Waals surface area contributed by atoms with Crippen LogP contribution >= 0.6 is 47.1 Å². The van der Waals surface area contributed by atoms with Gasteiger partial charge in [-0.2, -0.15) is 0 Å². The van der Waals surface area contributed by atoms with E-state index in [1.165, 1.54) is 26.5 Å². The van der Waals surface area contributed by atoms with Gasteiger partial charge in [0.25, 0.3) is 0 Å². The maximum Gasteiger partial charge on any atom is 0.191 e. The Balaban J connectivity index is 0.00000264. The van der Waals surface area contributed by atoms with Gasteiger partial charge in [0, 0.05) is 23.4 Å². The van der Waals surface area contributed by atoms with Gasteiger partial charge in [-0.3, -0.25) is 4.99 Å². The zero-order valence-corrected chi connectivity index (χ0v) is 17.9. The van der Waals surface area contributed by atoms with E-state index in [0.29, 0.717) is 0 Å². The topological polar surface area (TPSA) is 36.4 Å². The highest BCUT2D eigenvalue weighted by Crippen LogP contribution is 2.21. The SMILES string of the molecule is CN=C(NCc1ccc(C)cc1SC)NCc1sccc1C.I. The number of rotatable bonds is 5. The molecule has 1 aromatic heterocycles. The molecule has 23 heavy (non-hydrogen) atoms. The minimum atomic E-state index is 0. The highest BCUT2D eigenvalue weighted by atomic mass is 127. The Bertz CT molecular complexity index is 653. The van der Waals surface area contributed by atoms with Crippen molar-refractivity contribution in [3.8, 4) is 0 Å². The van der Waals surface area contributed by atoms with Gasteiger partial charge < -0.3 is 10.6 Å². The molecule has 0 aliphatic heterocycles. The molecule has 3 nitrogen and oxygen atoms in total. The van der Waals surface area contributed by atoms with Crippen molar-refractivity contribution < 1.29 is 0 Å². The molecule has 0 aliphatic rings. The normalized spacial score (nSPS) is 11.0. The van der Waals surface area contributed by atoms with Gasteiger partial charge in [-0.25, -0.2) is 0 Å². The number of halogens is 1. The average Bonchev–Trinajstić information content (AvgIpc) is 2.93. The molecule has 0 aliphatic carbocycles. The molecule has 0 spiro atoms. The molecule has 0 saturated heterocycles. The summed E-state index contributed by atoms with van der Waals surface area (Å²) in [4.78, 5) is 6.96. The number of aliphatic imine (C=N–C) groups is 1. The first-order chi connectivity index (χ1) is 10.6. The van der Waals surface area contributed by atoms with Crippen molar-refractivity contribution in [2.75, 3.05) is 13.3 Å². The van der Waals surface area contributed by atoms with E-state index in [2.05, 4.69) is 65.4 Å². The van der Waals surface area contributed by atoms with E-state index in [1.54, 1.807) is 30.1 Å². The third-order valence-corrected chi connectivity index (χ3v) is 5.34. The smallest absolute Gasteiger partial charge is 0.191 e. The predicted octanol–water partition coefficient (Wildman–Crippen LogP) is 4.57. The molecule has 6 heteroatoms. The molecule has 2 rings (SSSR count). The van der Waals surface area contributed by atoms with Crippen LogP contribution in [0.15, 0.2) is 39.5 Å². The molecule has 0 fully saturated rings. The maximum atomic E-state index is 4.30. The molecular formula is C17H24IN3S2. The van der Waals surface area contributed by atoms with Gasteiger partial charge in [0.1, 0.15) is 0 Å².